The molecule has 0 fully saturated rings. The smallest absolute Gasteiger partial charge is 0.406 e. The van der Waals surface area contributed by atoms with Crippen molar-refractivity contribution in [3.05, 3.63) is 59.4 Å². The number of halogens is 5. The minimum Gasteiger partial charge on any atom is -0.406 e. The lowest BCUT2D eigenvalue weighted by Gasteiger charge is -2.15. The van der Waals surface area contributed by atoms with E-state index in [4.69, 9.17) is 11.6 Å². The van der Waals surface area contributed by atoms with Crippen molar-refractivity contribution in [3.8, 4) is 17.0 Å². The summed E-state index contributed by atoms with van der Waals surface area (Å²) in [5.74, 6) is -0.290. The van der Waals surface area contributed by atoms with Gasteiger partial charge in [0, 0.05) is 23.4 Å². The van der Waals surface area contributed by atoms with Crippen LogP contribution in [-0.4, -0.2) is 22.4 Å². The van der Waals surface area contributed by atoms with Crippen molar-refractivity contribution in [2.45, 2.75) is 32.7 Å². The second kappa shape index (κ2) is 9.38. The molecule has 0 aliphatic rings. The molecule has 0 aliphatic heterocycles. The highest BCUT2D eigenvalue weighted by Gasteiger charge is 2.31. The fourth-order valence-corrected chi connectivity index (χ4v) is 2.80. The molecule has 3 aromatic rings. The fourth-order valence-electron chi connectivity index (χ4n) is 2.62. The van der Waals surface area contributed by atoms with Gasteiger partial charge in [0.1, 0.15) is 17.4 Å². The normalized spacial score (nSPS) is 12.4. The second-order valence-electron chi connectivity index (χ2n) is 6.75. The van der Waals surface area contributed by atoms with E-state index in [1.807, 2.05) is 13.8 Å². The van der Waals surface area contributed by atoms with Crippen molar-refractivity contribution in [1.29, 1.82) is 0 Å². The molecule has 0 saturated heterocycles. The molecule has 0 saturated carbocycles. The van der Waals surface area contributed by atoms with Crippen LogP contribution in [0.3, 0.4) is 0 Å². The van der Waals surface area contributed by atoms with Gasteiger partial charge in [-0.2, -0.15) is 4.98 Å². The molecule has 3 rings (SSSR count). The maximum absolute atomic E-state index is 13.4. The second-order valence-corrected chi connectivity index (χ2v) is 7.15. The molecule has 0 unspecified atom stereocenters. The Bertz CT molecular complexity index is 1060. The van der Waals surface area contributed by atoms with Crippen molar-refractivity contribution in [1.82, 2.24) is 9.97 Å². The molecule has 1 aromatic heterocycles. The highest BCUT2D eigenvalue weighted by molar-refractivity contribution is 6.31. The van der Waals surface area contributed by atoms with Crippen molar-refractivity contribution in [2.24, 2.45) is 0 Å². The zero-order valence-electron chi connectivity index (χ0n) is 16.6. The molecular formula is C21H19ClF4N4O. The molecule has 0 aliphatic carbocycles. The van der Waals surface area contributed by atoms with E-state index in [-0.39, 0.29) is 22.8 Å². The van der Waals surface area contributed by atoms with Crippen LogP contribution in [0.2, 0.25) is 5.02 Å². The van der Waals surface area contributed by atoms with Gasteiger partial charge >= 0.3 is 6.36 Å². The van der Waals surface area contributed by atoms with Crippen LogP contribution in [0, 0.1) is 5.82 Å². The summed E-state index contributed by atoms with van der Waals surface area (Å²) in [5.41, 5.74) is 1.25. The number of rotatable bonds is 7. The molecule has 10 heteroatoms. The Morgan fingerprint density at radius 3 is 2.55 bits per heavy atom. The lowest BCUT2D eigenvalue weighted by atomic mass is 10.1. The lowest BCUT2D eigenvalue weighted by Crippen LogP contribution is -2.17. The lowest BCUT2D eigenvalue weighted by molar-refractivity contribution is -0.274. The first-order valence-corrected chi connectivity index (χ1v) is 9.74. The zero-order chi connectivity index (χ0) is 22.6. The number of anilines is 3. The molecule has 1 heterocycles. The third-order valence-corrected chi connectivity index (χ3v) is 4.56. The highest BCUT2D eigenvalue weighted by atomic mass is 35.5. The average Bonchev–Trinajstić information content (AvgIpc) is 2.69. The van der Waals surface area contributed by atoms with Crippen LogP contribution < -0.4 is 15.4 Å². The number of benzene rings is 2. The van der Waals surface area contributed by atoms with Crippen LogP contribution in [-0.2, 0) is 0 Å². The van der Waals surface area contributed by atoms with Crippen LogP contribution >= 0.6 is 11.6 Å². The predicted octanol–water partition coefficient (Wildman–Crippen LogP) is 6.79. The fraction of sp³-hybridized carbons (Fsp3) is 0.238. The Balaban J connectivity index is 1.99. The molecular weight excluding hydrogens is 436 g/mol. The topological polar surface area (TPSA) is 59.1 Å². The Hall–Kier alpha value is -3.07. The summed E-state index contributed by atoms with van der Waals surface area (Å²) in [7, 11) is 0. The minimum atomic E-state index is -4.80. The Morgan fingerprint density at radius 2 is 1.87 bits per heavy atom. The third-order valence-electron chi connectivity index (χ3n) is 4.27. The standard InChI is InChI=1S/C21H19ClF4N4O/c1-3-12(2)27-20-29-18(13-5-4-6-15(9-13)31-21(24,25)26)11-19(30-20)28-14-7-8-17(23)16(22)10-14/h4-12H,3H2,1-2H3,(H2,27,28,29,30)/t12-/m1/s1. The Labute approximate surface area is 181 Å². The summed E-state index contributed by atoms with van der Waals surface area (Å²) < 4.78 is 55.2. The number of aromatic nitrogens is 2. The molecule has 0 amide bonds. The predicted molar refractivity (Wildman–Crippen MR) is 112 cm³/mol. The zero-order valence-corrected chi connectivity index (χ0v) is 17.4. The van der Waals surface area contributed by atoms with Gasteiger partial charge in [0.15, 0.2) is 0 Å². The van der Waals surface area contributed by atoms with E-state index in [0.29, 0.717) is 22.8 Å². The molecule has 5 nitrogen and oxygen atoms in total. The van der Waals surface area contributed by atoms with Gasteiger partial charge in [0.05, 0.1) is 10.7 Å². The van der Waals surface area contributed by atoms with E-state index in [0.717, 1.165) is 6.42 Å². The number of alkyl halides is 3. The molecule has 0 spiro atoms. The number of hydrogen-bond donors (Lipinski definition) is 2. The minimum absolute atomic E-state index is 0.0586. The van der Waals surface area contributed by atoms with E-state index in [1.54, 1.807) is 12.1 Å². The number of nitrogens with zero attached hydrogens (tertiary/aromatic N) is 2. The monoisotopic (exact) mass is 454 g/mol. The molecule has 31 heavy (non-hydrogen) atoms. The van der Waals surface area contributed by atoms with Crippen LogP contribution in [0.25, 0.3) is 11.3 Å². The summed E-state index contributed by atoms with van der Waals surface area (Å²) in [6.45, 7) is 3.93. The molecule has 0 radical (unpaired) electrons. The number of hydrogen-bond acceptors (Lipinski definition) is 5. The summed E-state index contributed by atoms with van der Waals surface area (Å²) in [6, 6.07) is 11.2. The van der Waals surface area contributed by atoms with Crippen LogP contribution in [0.4, 0.5) is 35.0 Å². The van der Waals surface area contributed by atoms with Gasteiger partial charge in [-0.05, 0) is 43.7 Å². The van der Waals surface area contributed by atoms with Gasteiger partial charge in [-0.15, -0.1) is 13.2 Å². The maximum atomic E-state index is 13.4. The first kappa shape index (κ1) is 22.6. The van der Waals surface area contributed by atoms with E-state index in [2.05, 4.69) is 25.3 Å². The van der Waals surface area contributed by atoms with Crippen LogP contribution in [0.5, 0.6) is 5.75 Å². The van der Waals surface area contributed by atoms with E-state index in [1.165, 1.54) is 36.4 Å². The summed E-state index contributed by atoms with van der Waals surface area (Å²) in [4.78, 5) is 8.81. The Morgan fingerprint density at radius 1 is 1.10 bits per heavy atom. The first-order valence-electron chi connectivity index (χ1n) is 9.37. The number of nitrogens with one attached hydrogen (secondary N) is 2. The molecule has 2 N–H and O–H groups in total. The largest absolute Gasteiger partial charge is 0.573 e. The Kier molecular flexibility index (Phi) is 6.84. The van der Waals surface area contributed by atoms with Crippen LogP contribution in [0.15, 0.2) is 48.5 Å². The summed E-state index contributed by atoms with van der Waals surface area (Å²) >= 11 is 5.83. The SMILES string of the molecule is CC[C@@H](C)Nc1nc(Nc2ccc(F)c(Cl)c2)cc(-c2cccc(OC(F)(F)F)c2)n1. The van der Waals surface area contributed by atoms with Crippen molar-refractivity contribution in [2.75, 3.05) is 10.6 Å². The van der Waals surface area contributed by atoms with E-state index >= 15 is 0 Å². The molecule has 1 atom stereocenters. The average molecular weight is 455 g/mol. The van der Waals surface area contributed by atoms with Crippen LogP contribution in [0.1, 0.15) is 20.3 Å². The quantitative estimate of drug-likeness (QED) is 0.385. The van der Waals surface area contributed by atoms with Gasteiger partial charge in [-0.3, -0.25) is 0 Å². The summed E-state index contributed by atoms with van der Waals surface area (Å²) in [5, 5.41) is 6.09. The van der Waals surface area contributed by atoms with Gasteiger partial charge in [-0.25, -0.2) is 9.37 Å². The van der Waals surface area contributed by atoms with Crippen molar-refractivity contribution in [3.63, 3.8) is 0 Å². The van der Waals surface area contributed by atoms with Gasteiger partial charge in [-0.1, -0.05) is 30.7 Å². The third kappa shape index (κ3) is 6.45. The molecule has 164 valence electrons. The van der Waals surface area contributed by atoms with Crippen molar-refractivity contribution >= 4 is 29.1 Å². The van der Waals surface area contributed by atoms with Gasteiger partial charge in [0.2, 0.25) is 5.95 Å². The van der Waals surface area contributed by atoms with Crippen molar-refractivity contribution < 1.29 is 22.3 Å². The maximum Gasteiger partial charge on any atom is 0.573 e. The van der Waals surface area contributed by atoms with Gasteiger partial charge in [0.25, 0.3) is 0 Å². The van der Waals surface area contributed by atoms with Gasteiger partial charge < -0.3 is 15.4 Å². The van der Waals surface area contributed by atoms with E-state index < -0.39 is 12.2 Å². The van der Waals surface area contributed by atoms with E-state index in [9.17, 15) is 17.6 Å². The number of ether oxygens (including phenoxy) is 1. The first-order chi connectivity index (χ1) is 14.6. The highest BCUT2D eigenvalue weighted by Crippen LogP contribution is 2.30. The summed E-state index contributed by atoms with van der Waals surface area (Å²) in [6.07, 6.45) is -4.00. The molecule has 0 bridgehead atoms. The molecule has 2 aromatic carbocycles.